The van der Waals surface area contributed by atoms with Gasteiger partial charge < -0.3 is 25.5 Å². The van der Waals surface area contributed by atoms with Crippen LogP contribution in [-0.4, -0.2) is 74.4 Å². The quantitative estimate of drug-likeness (QED) is 0.281. The monoisotopic (exact) mass is 499 g/mol. The van der Waals surface area contributed by atoms with Crippen LogP contribution in [0.3, 0.4) is 0 Å². The molecule has 5 N–H and O–H groups in total. The molecule has 1 aromatic carbocycles. The van der Waals surface area contributed by atoms with Gasteiger partial charge in [0.05, 0.1) is 18.4 Å². The predicted octanol–water partition coefficient (Wildman–Crippen LogP) is 0.0543. The third-order valence-electron chi connectivity index (χ3n) is 4.89. The van der Waals surface area contributed by atoms with Crippen molar-refractivity contribution >= 4 is 11.9 Å². The lowest BCUT2D eigenvalue weighted by atomic mass is 9.79. The molecule has 12 nitrogen and oxygen atoms in total. The second kappa shape index (κ2) is 11.5. The molecule has 0 bridgehead atoms. The van der Waals surface area contributed by atoms with Crippen molar-refractivity contribution in [2.45, 2.75) is 37.2 Å². The first kappa shape index (κ1) is 27.3. The Hall–Kier alpha value is -3.95. The van der Waals surface area contributed by atoms with Crippen molar-refractivity contribution in [3.8, 4) is 0 Å². The van der Waals surface area contributed by atoms with Crippen LogP contribution >= 0.6 is 0 Å². The van der Waals surface area contributed by atoms with E-state index in [1.165, 1.54) is 24.3 Å². The number of carboxylic acid groups (broad SMARTS) is 2. The molecule has 35 heavy (non-hydrogen) atoms. The van der Waals surface area contributed by atoms with E-state index < -0.39 is 53.1 Å². The number of aliphatic hydroxyl groups is 3. The van der Waals surface area contributed by atoms with E-state index in [0.29, 0.717) is 6.07 Å². The minimum absolute atomic E-state index is 0.0960. The van der Waals surface area contributed by atoms with Crippen LogP contribution < -0.4 is 0 Å². The van der Waals surface area contributed by atoms with Gasteiger partial charge in [-0.05, 0) is 6.07 Å². The molecule has 0 saturated heterocycles. The lowest BCUT2D eigenvalue weighted by Crippen LogP contribution is -2.39. The Morgan fingerprint density at radius 2 is 1.66 bits per heavy atom. The van der Waals surface area contributed by atoms with Crippen LogP contribution in [0.2, 0.25) is 0 Å². The first-order valence-corrected chi connectivity index (χ1v) is 9.66. The molecule has 3 rings (SSSR count). The number of hydrogen-bond acceptors (Lipinski definition) is 9. The number of carbonyl (C=O) groups is 2. The Labute approximate surface area is 195 Å². The van der Waals surface area contributed by atoms with Crippen molar-refractivity contribution in [3.63, 3.8) is 0 Å². The number of aliphatic carboxylic acids is 2. The first-order valence-electron chi connectivity index (χ1n) is 9.66. The zero-order valence-corrected chi connectivity index (χ0v) is 17.9. The van der Waals surface area contributed by atoms with E-state index in [4.69, 9.17) is 20.4 Å². The van der Waals surface area contributed by atoms with Crippen molar-refractivity contribution in [2.24, 2.45) is 0 Å². The minimum atomic E-state index is -2.27. The number of aromatic nitrogens is 5. The summed E-state index contributed by atoms with van der Waals surface area (Å²) in [5, 5.41) is 47.7. The van der Waals surface area contributed by atoms with E-state index >= 15 is 0 Å². The third-order valence-corrected chi connectivity index (χ3v) is 4.89. The fourth-order valence-corrected chi connectivity index (χ4v) is 2.99. The number of carboxylic acids is 2. The van der Waals surface area contributed by atoms with Crippen LogP contribution in [0.4, 0.5) is 13.2 Å². The average molecular weight is 499 g/mol. The Kier molecular flexibility index (Phi) is 8.93. The molecule has 0 amide bonds. The second-order valence-corrected chi connectivity index (χ2v) is 7.19. The van der Waals surface area contributed by atoms with E-state index in [-0.39, 0.29) is 17.8 Å². The number of aliphatic hydroxyl groups excluding tert-OH is 2. The van der Waals surface area contributed by atoms with Crippen LogP contribution in [0.15, 0.2) is 43.4 Å². The van der Waals surface area contributed by atoms with Crippen LogP contribution in [0.5, 0.6) is 0 Å². The highest BCUT2D eigenvalue weighted by Gasteiger charge is 2.41. The maximum absolute atomic E-state index is 14.4. The van der Waals surface area contributed by atoms with Gasteiger partial charge in [0.15, 0.2) is 18.0 Å². The van der Waals surface area contributed by atoms with E-state index in [2.05, 4.69) is 20.1 Å². The largest absolute Gasteiger partial charge is 0.479 e. The van der Waals surface area contributed by atoms with Crippen molar-refractivity contribution in [2.75, 3.05) is 0 Å². The normalized spacial score (nSPS) is 15.2. The zero-order valence-electron chi connectivity index (χ0n) is 17.9. The van der Waals surface area contributed by atoms with Gasteiger partial charge in [-0.2, -0.15) is 5.10 Å². The molecule has 0 spiro atoms. The third kappa shape index (κ3) is 6.56. The van der Waals surface area contributed by atoms with Gasteiger partial charge in [0.1, 0.15) is 36.2 Å². The summed E-state index contributed by atoms with van der Waals surface area (Å²) in [4.78, 5) is 30.7. The van der Waals surface area contributed by atoms with Gasteiger partial charge >= 0.3 is 11.9 Å². The highest BCUT2D eigenvalue weighted by atomic mass is 19.1. The topological polar surface area (TPSA) is 192 Å². The number of nitrogens with zero attached hydrogens (tertiary/aromatic N) is 5. The lowest BCUT2D eigenvalue weighted by Gasteiger charge is -2.34. The smallest absolute Gasteiger partial charge is 0.335 e. The van der Waals surface area contributed by atoms with Crippen LogP contribution in [-0.2, 0) is 21.7 Å². The van der Waals surface area contributed by atoms with E-state index in [9.17, 15) is 27.9 Å². The summed E-state index contributed by atoms with van der Waals surface area (Å²) in [6.07, 6.45) is 0.129. The summed E-state index contributed by atoms with van der Waals surface area (Å²) >= 11 is 0. The molecule has 2 aromatic heterocycles. The molecule has 0 fully saturated rings. The summed E-state index contributed by atoms with van der Waals surface area (Å²) in [6, 6.07) is 2.80. The molecular formula is C20H20F3N5O7. The number of benzene rings is 1. The Morgan fingerprint density at radius 3 is 2.14 bits per heavy atom. The van der Waals surface area contributed by atoms with Gasteiger partial charge in [0.25, 0.3) is 0 Å². The molecule has 2 heterocycles. The molecule has 0 aliphatic carbocycles. The van der Waals surface area contributed by atoms with Crippen molar-refractivity contribution in [3.05, 3.63) is 72.1 Å². The molecule has 0 radical (unpaired) electrons. The summed E-state index contributed by atoms with van der Waals surface area (Å²) in [5.74, 6) is -7.01. The molecule has 188 valence electrons. The van der Waals surface area contributed by atoms with Gasteiger partial charge in [-0.15, -0.1) is 0 Å². The first-order chi connectivity index (χ1) is 16.4. The molecule has 3 aromatic rings. The Balaban J connectivity index is 0.000000367. The fraction of sp³-hybridized carbons (Fsp3) is 0.300. The molecule has 0 unspecified atom stereocenters. The molecule has 0 aliphatic rings. The van der Waals surface area contributed by atoms with E-state index in [1.807, 2.05) is 0 Å². The van der Waals surface area contributed by atoms with Gasteiger partial charge in [0.2, 0.25) is 0 Å². The standard InChI is InChI=1S/C16H14F3N5O.C4H6O6/c1-10(15-14(19)5-20-7-22-15)16(25,6-24-9-21-8-23-24)12-3-2-11(17)4-13(12)18;5-1(3(7)8)2(6)4(9)10/h2-5,7-10,25H,6H2,1H3;1-2,5-6H,(H,7,8)(H,9,10)/t10-,16+;1-,2+/m0./s1. The van der Waals surface area contributed by atoms with E-state index in [1.54, 1.807) is 0 Å². The number of halogens is 3. The predicted molar refractivity (Wildman–Crippen MR) is 108 cm³/mol. The highest BCUT2D eigenvalue weighted by molar-refractivity contribution is 5.83. The van der Waals surface area contributed by atoms with Crippen molar-refractivity contribution in [1.82, 2.24) is 24.7 Å². The van der Waals surface area contributed by atoms with Gasteiger partial charge in [-0.1, -0.05) is 13.0 Å². The Morgan fingerprint density at radius 1 is 1.03 bits per heavy atom. The average Bonchev–Trinajstić information content (AvgIpc) is 3.30. The molecule has 15 heteroatoms. The van der Waals surface area contributed by atoms with E-state index in [0.717, 1.165) is 24.7 Å². The highest BCUT2D eigenvalue weighted by Crippen LogP contribution is 2.39. The fourth-order valence-electron chi connectivity index (χ4n) is 2.99. The summed E-state index contributed by atoms with van der Waals surface area (Å²) in [7, 11) is 0. The van der Waals surface area contributed by atoms with Gasteiger partial charge in [-0.25, -0.2) is 42.4 Å². The maximum Gasteiger partial charge on any atom is 0.335 e. The van der Waals surface area contributed by atoms with Gasteiger partial charge in [0, 0.05) is 17.5 Å². The van der Waals surface area contributed by atoms with Crippen molar-refractivity contribution in [1.29, 1.82) is 0 Å². The maximum atomic E-state index is 14.4. The molecule has 4 atom stereocenters. The SMILES string of the molecule is C[C@@H](c1ncncc1F)[C@](O)(Cn1cncn1)c1ccc(F)cc1F.O=C(O)[C@@H](O)[C@@H](O)C(=O)O. The second-order valence-electron chi connectivity index (χ2n) is 7.19. The molecular weight excluding hydrogens is 479 g/mol. The summed E-state index contributed by atoms with van der Waals surface area (Å²) in [5.41, 5.74) is -2.25. The number of rotatable bonds is 8. The zero-order chi connectivity index (χ0) is 26.3. The van der Waals surface area contributed by atoms with Crippen LogP contribution in [0.1, 0.15) is 24.1 Å². The Bertz CT molecular complexity index is 1150. The summed E-state index contributed by atoms with van der Waals surface area (Å²) < 4.78 is 43.0. The molecule has 0 saturated carbocycles. The van der Waals surface area contributed by atoms with Crippen LogP contribution in [0.25, 0.3) is 0 Å². The lowest BCUT2D eigenvalue weighted by molar-refractivity contribution is -0.165. The summed E-state index contributed by atoms with van der Waals surface area (Å²) in [6.45, 7) is 1.26. The van der Waals surface area contributed by atoms with Crippen molar-refractivity contribution < 1.29 is 48.3 Å². The molecule has 0 aliphatic heterocycles. The van der Waals surface area contributed by atoms with Gasteiger partial charge in [-0.3, -0.25) is 0 Å². The van der Waals surface area contributed by atoms with Crippen LogP contribution in [0, 0.1) is 17.5 Å². The number of hydrogen-bond donors (Lipinski definition) is 5. The minimum Gasteiger partial charge on any atom is -0.479 e.